The molecular weight excluding hydrogens is 366 g/mol. The third-order valence-electron chi connectivity index (χ3n) is 4.27. The molecule has 1 fully saturated rings. The van der Waals surface area contributed by atoms with Gasteiger partial charge in [-0.1, -0.05) is 18.2 Å². The zero-order valence-corrected chi connectivity index (χ0v) is 16.2. The number of esters is 1. The van der Waals surface area contributed by atoms with Crippen LogP contribution >= 0.6 is 0 Å². The molecule has 2 aromatic rings. The van der Waals surface area contributed by atoms with Gasteiger partial charge in [-0.05, 0) is 62.1 Å². The molecule has 2 aromatic carbocycles. The highest BCUT2D eigenvalue weighted by Crippen LogP contribution is 2.23. The van der Waals surface area contributed by atoms with Crippen LogP contribution in [0.25, 0.3) is 0 Å². The van der Waals surface area contributed by atoms with E-state index in [1.165, 1.54) is 24.3 Å². The van der Waals surface area contributed by atoms with Crippen LogP contribution in [-0.2, 0) is 14.8 Å². The highest BCUT2D eigenvalue weighted by molar-refractivity contribution is 7.89. The number of ether oxygens (including phenoxy) is 2. The molecule has 0 amide bonds. The Balaban J connectivity index is 1.51. The van der Waals surface area contributed by atoms with Crippen LogP contribution in [0.1, 0.15) is 34.3 Å². The van der Waals surface area contributed by atoms with Crippen LogP contribution in [0.5, 0.6) is 5.75 Å². The maximum absolute atomic E-state index is 12.1. The molecule has 0 aromatic heterocycles. The molecule has 7 heteroatoms. The lowest BCUT2D eigenvalue weighted by molar-refractivity contribution is 0.0449. The molecule has 0 saturated heterocycles. The van der Waals surface area contributed by atoms with E-state index in [4.69, 9.17) is 9.47 Å². The molecule has 0 heterocycles. The van der Waals surface area contributed by atoms with E-state index >= 15 is 0 Å². The van der Waals surface area contributed by atoms with E-state index < -0.39 is 16.0 Å². The van der Waals surface area contributed by atoms with E-state index in [9.17, 15) is 13.2 Å². The zero-order valence-electron chi connectivity index (χ0n) is 15.4. The highest BCUT2D eigenvalue weighted by atomic mass is 32.2. The van der Waals surface area contributed by atoms with E-state index in [0.717, 1.165) is 29.7 Å². The van der Waals surface area contributed by atoms with Crippen LogP contribution in [0.4, 0.5) is 0 Å². The summed E-state index contributed by atoms with van der Waals surface area (Å²) < 4.78 is 37.7. The zero-order chi connectivity index (χ0) is 19.4. The fourth-order valence-corrected chi connectivity index (χ4v) is 3.95. The highest BCUT2D eigenvalue weighted by Gasteiger charge is 2.28. The average molecular weight is 389 g/mol. The number of rotatable bonds is 8. The van der Waals surface area contributed by atoms with Crippen molar-refractivity contribution in [1.29, 1.82) is 0 Å². The third-order valence-corrected chi connectivity index (χ3v) is 5.81. The number of hydrogen-bond donors (Lipinski definition) is 1. The topological polar surface area (TPSA) is 81.7 Å². The molecule has 3 rings (SSSR count). The number of aryl methyl sites for hydroxylation is 2. The summed E-state index contributed by atoms with van der Waals surface area (Å²) in [4.78, 5) is 12.2. The van der Waals surface area contributed by atoms with E-state index in [1.54, 1.807) is 0 Å². The normalized spacial score (nSPS) is 14.0. The first kappa shape index (κ1) is 19.4. The second kappa shape index (κ2) is 8.10. The molecule has 1 saturated carbocycles. The maximum Gasteiger partial charge on any atom is 0.338 e. The summed E-state index contributed by atoms with van der Waals surface area (Å²) in [5, 5.41) is 0. The van der Waals surface area contributed by atoms with Crippen molar-refractivity contribution in [3.8, 4) is 5.75 Å². The number of carbonyl (C=O) groups is 1. The van der Waals surface area contributed by atoms with Gasteiger partial charge in [-0.3, -0.25) is 0 Å². The molecule has 0 bridgehead atoms. The van der Waals surface area contributed by atoms with Gasteiger partial charge >= 0.3 is 5.97 Å². The Morgan fingerprint density at radius 2 is 1.67 bits per heavy atom. The van der Waals surface area contributed by atoms with Crippen LogP contribution in [-0.4, -0.2) is 33.6 Å². The van der Waals surface area contributed by atoms with E-state index in [0.29, 0.717) is 5.56 Å². The van der Waals surface area contributed by atoms with Crippen LogP contribution in [0.15, 0.2) is 47.4 Å². The van der Waals surface area contributed by atoms with Crippen molar-refractivity contribution >= 4 is 16.0 Å². The van der Waals surface area contributed by atoms with Gasteiger partial charge < -0.3 is 9.47 Å². The SMILES string of the molecule is Cc1cccc(C)c1OCCOC(=O)c1ccc(S(=O)(=O)NC2CC2)cc1. The van der Waals surface area contributed by atoms with E-state index in [1.807, 2.05) is 32.0 Å². The Hall–Kier alpha value is -2.38. The van der Waals surface area contributed by atoms with Crippen molar-refractivity contribution in [3.05, 3.63) is 59.2 Å². The summed E-state index contributed by atoms with van der Waals surface area (Å²) in [6, 6.07) is 11.7. The monoisotopic (exact) mass is 389 g/mol. The first-order valence-electron chi connectivity index (χ1n) is 8.85. The average Bonchev–Trinajstić information content (AvgIpc) is 3.44. The largest absolute Gasteiger partial charge is 0.489 e. The minimum Gasteiger partial charge on any atom is -0.489 e. The number of benzene rings is 2. The fourth-order valence-electron chi connectivity index (χ4n) is 2.65. The summed E-state index contributed by atoms with van der Waals surface area (Å²) in [5.74, 6) is 0.283. The van der Waals surface area contributed by atoms with Crippen molar-refractivity contribution in [2.45, 2.75) is 37.6 Å². The van der Waals surface area contributed by atoms with Crippen molar-refractivity contribution in [3.63, 3.8) is 0 Å². The molecule has 1 aliphatic rings. The predicted molar refractivity (Wildman–Crippen MR) is 101 cm³/mol. The van der Waals surface area contributed by atoms with Crippen LogP contribution in [0.3, 0.4) is 0 Å². The molecule has 6 nitrogen and oxygen atoms in total. The van der Waals surface area contributed by atoms with Gasteiger partial charge in [-0.15, -0.1) is 0 Å². The Kier molecular flexibility index (Phi) is 5.82. The Morgan fingerprint density at radius 1 is 1.04 bits per heavy atom. The number of sulfonamides is 1. The summed E-state index contributed by atoms with van der Waals surface area (Å²) in [6.07, 6.45) is 1.74. The second-order valence-electron chi connectivity index (χ2n) is 6.63. The molecular formula is C20H23NO5S. The van der Waals surface area contributed by atoms with E-state index in [2.05, 4.69) is 4.72 Å². The lowest BCUT2D eigenvalue weighted by Crippen LogP contribution is -2.25. The van der Waals surface area contributed by atoms with E-state index in [-0.39, 0.29) is 24.2 Å². The molecule has 0 radical (unpaired) electrons. The van der Waals surface area contributed by atoms with Crippen molar-refractivity contribution in [1.82, 2.24) is 4.72 Å². The van der Waals surface area contributed by atoms with Gasteiger partial charge in [0.05, 0.1) is 10.5 Å². The molecule has 0 atom stereocenters. The Morgan fingerprint density at radius 3 is 2.26 bits per heavy atom. The summed E-state index contributed by atoms with van der Waals surface area (Å²) >= 11 is 0. The molecule has 0 aliphatic heterocycles. The minimum atomic E-state index is -3.52. The van der Waals surface area contributed by atoms with Gasteiger partial charge in [0.1, 0.15) is 19.0 Å². The number of nitrogens with one attached hydrogen (secondary N) is 1. The lowest BCUT2D eigenvalue weighted by atomic mass is 10.1. The fraction of sp³-hybridized carbons (Fsp3) is 0.350. The number of carbonyl (C=O) groups excluding carboxylic acids is 1. The van der Waals surface area contributed by atoms with Gasteiger partial charge in [0.15, 0.2) is 0 Å². The molecule has 1 N–H and O–H groups in total. The molecule has 1 aliphatic carbocycles. The first-order valence-corrected chi connectivity index (χ1v) is 10.3. The Labute approximate surface area is 159 Å². The lowest BCUT2D eigenvalue weighted by Gasteiger charge is -2.12. The van der Waals surface area contributed by atoms with Crippen molar-refractivity contribution in [2.75, 3.05) is 13.2 Å². The summed E-state index contributed by atoms with van der Waals surface area (Å²) in [5.41, 5.74) is 2.35. The van der Waals surface area contributed by atoms with Crippen LogP contribution in [0.2, 0.25) is 0 Å². The van der Waals surface area contributed by atoms with Gasteiger partial charge in [0, 0.05) is 6.04 Å². The summed E-state index contributed by atoms with van der Waals surface area (Å²) in [7, 11) is -3.52. The van der Waals surface area contributed by atoms with Gasteiger partial charge in [-0.25, -0.2) is 17.9 Å². The van der Waals surface area contributed by atoms with Gasteiger partial charge in [-0.2, -0.15) is 0 Å². The smallest absolute Gasteiger partial charge is 0.338 e. The van der Waals surface area contributed by atoms with Gasteiger partial charge in [0.25, 0.3) is 0 Å². The van der Waals surface area contributed by atoms with Crippen LogP contribution < -0.4 is 9.46 Å². The van der Waals surface area contributed by atoms with Crippen molar-refractivity contribution in [2.24, 2.45) is 0 Å². The van der Waals surface area contributed by atoms with Crippen LogP contribution in [0, 0.1) is 13.8 Å². The quantitative estimate of drug-likeness (QED) is 0.554. The molecule has 27 heavy (non-hydrogen) atoms. The van der Waals surface area contributed by atoms with Crippen molar-refractivity contribution < 1.29 is 22.7 Å². The first-order chi connectivity index (χ1) is 12.9. The molecule has 0 unspecified atom stereocenters. The third kappa shape index (κ3) is 5.08. The standard InChI is InChI=1S/C20H23NO5S/c1-14-4-3-5-15(2)19(14)25-12-13-26-20(22)16-6-10-18(11-7-16)27(23,24)21-17-8-9-17/h3-7,10-11,17,21H,8-9,12-13H2,1-2H3. The van der Waals surface area contributed by atoms with Gasteiger partial charge in [0.2, 0.25) is 10.0 Å². The molecule has 0 spiro atoms. The maximum atomic E-state index is 12.1. The second-order valence-corrected chi connectivity index (χ2v) is 8.34. The Bertz CT molecular complexity index is 898. The summed E-state index contributed by atoms with van der Waals surface area (Å²) in [6.45, 7) is 4.27. The number of para-hydroxylation sites is 1. The number of hydrogen-bond acceptors (Lipinski definition) is 5. The molecule has 144 valence electrons. The minimum absolute atomic E-state index is 0.0385. The predicted octanol–water partition coefficient (Wildman–Crippen LogP) is 2.98.